The second kappa shape index (κ2) is 3.84. The highest BCUT2D eigenvalue weighted by Crippen LogP contribution is 2.11. The smallest absolute Gasteiger partial charge is 0.0606 e. The van der Waals surface area contributed by atoms with E-state index in [1.807, 2.05) is 6.92 Å². The third-order valence-corrected chi connectivity index (χ3v) is 1.95. The zero-order chi connectivity index (χ0) is 4.99. The van der Waals surface area contributed by atoms with Crippen LogP contribution in [0.4, 0.5) is 0 Å². The van der Waals surface area contributed by atoms with Crippen LogP contribution in [0.25, 0.3) is 0 Å². The maximum Gasteiger partial charge on any atom is 0.0606 e. The van der Waals surface area contributed by atoms with Crippen molar-refractivity contribution in [2.45, 2.75) is 18.7 Å². The predicted octanol–water partition coefficient (Wildman–Crippen LogP) is 1.26. The first kappa shape index (κ1) is 6.66. The van der Waals surface area contributed by atoms with Gasteiger partial charge >= 0.3 is 0 Å². The van der Waals surface area contributed by atoms with Gasteiger partial charge in [-0.1, -0.05) is 17.7 Å². The molecule has 1 unspecified atom stereocenters. The minimum atomic E-state index is 0.216. The molecule has 0 fully saturated rings. The van der Waals surface area contributed by atoms with E-state index in [1.165, 1.54) is 10.8 Å². The molecule has 0 aromatic carbocycles. The van der Waals surface area contributed by atoms with Gasteiger partial charge in [-0.2, -0.15) is 0 Å². The van der Waals surface area contributed by atoms with E-state index in [9.17, 15) is 0 Å². The summed E-state index contributed by atoms with van der Waals surface area (Å²) in [6, 6.07) is 0. The Balaban J connectivity index is 2.75. The van der Waals surface area contributed by atoms with Crippen molar-refractivity contribution in [3.8, 4) is 0 Å². The second-order valence-corrected chi connectivity index (χ2v) is 2.50. The van der Waals surface area contributed by atoms with Gasteiger partial charge in [0.05, 0.1) is 5.37 Å². The molecule has 38 valence electrons. The van der Waals surface area contributed by atoms with Crippen LogP contribution < -0.4 is 5.73 Å². The molecule has 3 heteroatoms. The molecule has 0 rings (SSSR count). The zero-order valence-electron chi connectivity index (χ0n) is 3.72. The summed E-state index contributed by atoms with van der Waals surface area (Å²) in [4.78, 5) is 0. The molecule has 2 N–H and O–H groups in total. The first-order valence-electron chi connectivity index (χ1n) is 1.87. The van der Waals surface area contributed by atoms with Crippen LogP contribution >= 0.6 is 22.5 Å². The molecular weight excluding hydrogens is 114 g/mol. The van der Waals surface area contributed by atoms with E-state index in [0.717, 1.165) is 6.42 Å². The molecule has 6 heavy (non-hydrogen) atoms. The minimum Gasteiger partial charge on any atom is -0.319 e. The van der Waals surface area contributed by atoms with Crippen LogP contribution in [0.2, 0.25) is 0 Å². The fraction of sp³-hybridized carbons (Fsp3) is 1.00. The van der Waals surface area contributed by atoms with Gasteiger partial charge in [-0.15, -0.1) is 11.7 Å². The average Bonchev–Trinajstić information content (AvgIpc) is 1.65. The van der Waals surface area contributed by atoms with Gasteiger partial charge in [0, 0.05) is 0 Å². The average molecular weight is 123 g/mol. The highest BCUT2D eigenvalue weighted by atomic mass is 33.1. The fourth-order valence-corrected chi connectivity index (χ4v) is 0.671. The third-order valence-electron chi connectivity index (χ3n) is 0.538. The van der Waals surface area contributed by atoms with Crippen LogP contribution in [0, 0.1) is 0 Å². The Morgan fingerprint density at radius 3 is 2.50 bits per heavy atom. The summed E-state index contributed by atoms with van der Waals surface area (Å²) in [5.74, 6) is 0. The van der Waals surface area contributed by atoms with Gasteiger partial charge in [0.2, 0.25) is 0 Å². The lowest BCUT2D eigenvalue weighted by molar-refractivity contribution is 0.874. The van der Waals surface area contributed by atoms with Crippen molar-refractivity contribution >= 4 is 22.5 Å². The van der Waals surface area contributed by atoms with E-state index < -0.39 is 0 Å². The Kier molecular flexibility index (Phi) is 4.26. The van der Waals surface area contributed by atoms with E-state index in [4.69, 9.17) is 5.73 Å². The molecule has 0 saturated carbocycles. The number of nitrogens with two attached hydrogens (primary N) is 1. The summed E-state index contributed by atoms with van der Waals surface area (Å²) in [5, 5.41) is 0.216. The van der Waals surface area contributed by atoms with Crippen molar-refractivity contribution in [2.24, 2.45) is 5.73 Å². The number of hydrogen-bond donors (Lipinski definition) is 2. The van der Waals surface area contributed by atoms with E-state index >= 15 is 0 Å². The van der Waals surface area contributed by atoms with Crippen molar-refractivity contribution in [2.75, 3.05) is 0 Å². The van der Waals surface area contributed by atoms with Crippen LogP contribution in [0.1, 0.15) is 13.3 Å². The molecule has 1 nitrogen and oxygen atoms in total. The number of rotatable bonds is 2. The van der Waals surface area contributed by atoms with Gasteiger partial charge in [0.25, 0.3) is 0 Å². The molecule has 0 spiro atoms. The standard InChI is InChI=1S/C3H9NS2/c1-2-3(4)6-5/h3,5H,2,4H2,1H3. The molecule has 0 bridgehead atoms. The second-order valence-electron chi connectivity index (χ2n) is 1.05. The highest BCUT2D eigenvalue weighted by molar-refractivity contribution is 8.68. The maximum absolute atomic E-state index is 5.36. The van der Waals surface area contributed by atoms with E-state index in [0.29, 0.717) is 0 Å². The third kappa shape index (κ3) is 2.87. The lowest BCUT2D eigenvalue weighted by atomic mass is 10.5. The molecule has 0 saturated heterocycles. The van der Waals surface area contributed by atoms with E-state index in [-0.39, 0.29) is 5.37 Å². The van der Waals surface area contributed by atoms with Crippen LogP contribution in [-0.2, 0) is 0 Å². The summed E-state index contributed by atoms with van der Waals surface area (Å²) in [6.45, 7) is 2.04. The summed E-state index contributed by atoms with van der Waals surface area (Å²) in [7, 11) is 1.40. The molecule has 0 amide bonds. The van der Waals surface area contributed by atoms with Crippen molar-refractivity contribution in [3.05, 3.63) is 0 Å². The Morgan fingerprint density at radius 1 is 2.00 bits per heavy atom. The SMILES string of the molecule is CCC(N)SS. The topological polar surface area (TPSA) is 26.0 Å². The first-order valence-corrected chi connectivity index (χ1v) is 3.80. The summed E-state index contributed by atoms with van der Waals surface area (Å²) < 4.78 is 0. The number of thiol groups is 1. The van der Waals surface area contributed by atoms with Gasteiger partial charge in [0.1, 0.15) is 0 Å². The fourth-order valence-electron chi connectivity index (χ4n) is 0.0745. The van der Waals surface area contributed by atoms with Gasteiger partial charge in [-0.3, -0.25) is 0 Å². The summed E-state index contributed by atoms with van der Waals surface area (Å²) in [6.07, 6.45) is 0.994. The van der Waals surface area contributed by atoms with Gasteiger partial charge in [-0.25, -0.2) is 0 Å². The lowest BCUT2D eigenvalue weighted by Crippen LogP contribution is -2.10. The van der Waals surface area contributed by atoms with Crippen LogP contribution in [0.3, 0.4) is 0 Å². The Labute approximate surface area is 47.5 Å². The number of hydrogen-bond acceptors (Lipinski definition) is 3. The zero-order valence-corrected chi connectivity index (χ0v) is 5.43. The highest BCUT2D eigenvalue weighted by Gasteiger charge is 1.90. The molecule has 0 aromatic heterocycles. The quantitative estimate of drug-likeness (QED) is 0.328. The molecule has 0 radical (unpaired) electrons. The molecule has 0 aliphatic carbocycles. The predicted molar refractivity (Wildman–Crippen MR) is 34.8 cm³/mol. The van der Waals surface area contributed by atoms with Gasteiger partial charge < -0.3 is 5.73 Å². The largest absolute Gasteiger partial charge is 0.319 e. The molecule has 1 atom stereocenters. The van der Waals surface area contributed by atoms with Gasteiger partial charge in [-0.05, 0) is 6.42 Å². The normalized spacial score (nSPS) is 14.5. The molecule has 0 aromatic rings. The minimum absolute atomic E-state index is 0.216. The molecule has 0 aliphatic heterocycles. The summed E-state index contributed by atoms with van der Waals surface area (Å²) >= 11 is 3.89. The van der Waals surface area contributed by atoms with Crippen LogP contribution in [0.5, 0.6) is 0 Å². The lowest BCUT2D eigenvalue weighted by Gasteiger charge is -1.98. The maximum atomic E-state index is 5.36. The molecule has 0 aliphatic rings. The Bertz CT molecular complexity index is 28.0. The van der Waals surface area contributed by atoms with Crippen LogP contribution in [-0.4, -0.2) is 5.37 Å². The van der Waals surface area contributed by atoms with Gasteiger partial charge in [0.15, 0.2) is 0 Å². The van der Waals surface area contributed by atoms with Crippen LogP contribution in [0.15, 0.2) is 0 Å². The monoisotopic (exact) mass is 123 g/mol. The Hall–Kier alpha value is 0.660. The van der Waals surface area contributed by atoms with E-state index in [1.54, 1.807) is 0 Å². The van der Waals surface area contributed by atoms with Crippen molar-refractivity contribution in [1.82, 2.24) is 0 Å². The van der Waals surface area contributed by atoms with Crippen molar-refractivity contribution in [1.29, 1.82) is 0 Å². The summed E-state index contributed by atoms with van der Waals surface area (Å²) in [5.41, 5.74) is 5.36. The van der Waals surface area contributed by atoms with E-state index in [2.05, 4.69) is 11.7 Å². The van der Waals surface area contributed by atoms with Crippen molar-refractivity contribution < 1.29 is 0 Å². The Morgan fingerprint density at radius 2 is 2.50 bits per heavy atom. The molecule has 0 heterocycles. The molecular formula is C3H9NS2. The first-order chi connectivity index (χ1) is 2.81. The van der Waals surface area contributed by atoms with Crippen molar-refractivity contribution in [3.63, 3.8) is 0 Å².